The Balaban J connectivity index is 1.68. The molecule has 3 rings (SSSR count). The third-order valence-electron chi connectivity index (χ3n) is 4.40. The summed E-state index contributed by atoms with van der Waals surface area (Å²) in [5.41, 5.74) is 3.82. The van der Waals surface area contributed by atoms with Gasteiger partial charge in [0.15, 0.2) is 11.7 Å². The normalized spacial score (nSPS) is 10.7. The molecule has 6 nitrogen and oxygen atoms in total. The predicted octanol–water partition coefficient (Wildman–Crippen LogP) is 5.22. The largest absolute Gasteiger partial charge is 0.484 e. The lowest BCUT2D eigenvalue weighted by molar-refractivity contribution is -0.118. The molecule has 0 aliphatic carbocycles. The van der Waals surface area contributed by atoms with Crippen LogP contribution in [-0.4, -0.2) is 23.4 Å². The monoisotopic (exact) mass is 423 g/mol. The van der Waals surface area contributed by atoms with E-state index in [4.69, 9.17) is 4.74 Å². The summed E-state index contributed by atoms with van der Waals surface area (Å²) in [4.78, 5) is 28.4. The van der Waals surface area contributed by atoms with E-state index in [0.717, 1.165) is 11.1 Å². The lowest BCUT2D eigenvalue weighted by atomic mass is 10.0. The molecule has 2 aromatic carbocycles. The van der Waals surface area contributed by atoms with Crippen LogP contribution in [0.4, 0.5) is 10.1 Å². The Morgan fingerprint density at radius 2 is 1.70 bits per heavy atom. The molecular formula is C23H25N3O3S. The number of anilines is 2. The Labute approximate surface area is 180 Å². The zero-order valence-electron chi connectivity index (χ0n) is 17.5. The summed E-state index contributed by atoms with van der Waals surface area (Å²) in [5.74, 6) is 0.556. The third kappa shape index (κ3) is 5.67. The minimum absolute atomic E-state index is 0.129. The van der Waals surface area contributed by atoms with Crippen LogP contribution >= 0.6 is 11.3 Å². The zero-order valence-corrected chi connectivity index (χ0v) is 18.3. The van der Waals surface area contributed by atoms with Crippen molar-refractivity contribution in [2.75, 3.05) is 17.2 Å². The molecule has 0 saturated carbocycles. The van der Waals surface area contributed by atoms with E-state index in [-0.39, 0.29) is 18.4 Å². The molecule has 0 radical (unpaired) electrons. The molecule has 156 valence electrons. The maximum Gasteiger partial charge on any atom is 0.264 e. The van der Waals surface area contributed by atoms with Gasteiger partial charge in [0, 0.05) is 12.5 Å². The molecule has 2 N–H and O–H groups in total. The van der Waals surface area contributed by atoms with E-state index in [1.807, 2.05) is 55.5 Å². The van der Waals surface area contributed by atoms with Gasteiger partial charge in [-0.3, -0.25) is 14.9 Å². The van der Waals surface area contributed by atoms with Crippen molar-refractivity contribution < 1.29 is 14.3 Å². The van der Waals surface area contributed by atoms with E-state index in [1.165, 1.54) is 23.8 Å². The highest BCUT2D eigenvalue weighted by Gasteiger charge is 2.16. The lowest BCUT2D eigenvalue weighted by Crippen LogP contribution is -2.20. The second kappa shape index (κ2) is 9.54. The van der Waals surface area contributed by atoms with Crippen molar-refractivity contribution in [3.05, 3.63) is 59.7 Å². The highest BCUT2D eigenvalue weighted by Crippen LogP contribution is 2.36. The van der Waals surface area contributed by atoms with Gasteiger partial charge in [-0.25, -0.2) is 4.98 Å². The van der Waals surface area contributed by atoms with Gasteiger partial charge in [0.1, 0.15) is 16.4 Å². The second-order valence-corrected chi connectivity index (χ2v) is 8.30. The summed E-state index contributed by atoms with van der Waals surface area (Å²) in [5, 5.41) is 6.53. The number of amides is 2. The van der Waals surface area contributed by atoms with Crippen molar-refractivity contribution in [3.8, 4) is 17.0 Å². The molecule has 0 aliphatic heterocycles. The van der Waals surface area contributed by atoms with Crippen LogP contribution in [0.15, 0.2) is 48.5 Å². The van der Waals surface area contributed by atoms with Gasteiger partial charge in [-0.1, -0.05) is 67.1 Å². The van der Waals surface area contributed by atoms with Crippen LogP contribution in [0.3, 0.4) is 0 Å². The number of thiazole rings is 1. The van der Waals surface area contributed by atoms with E-state index in [0.29, 0.717) is 27.5 Å². The average Bonchev–Trinajstić information content (AvgIpc) is 3.08. The topological polar surface area (TPSA) is 80.3 Å². The molecule has 0 saturated heterocycles. The maximum absolute atomic E-state index is 12.3. The number of aromatic nitrogens is 1. The van der Waals surface area contributed by atoms with Gasteiger partial charge in [-0.2, -0.15) is 0 Å². The average molecular weight is 424 g/mol. The Bertz CT molecular complexity index is 1020. The van der Waals surface area contributed by atoms with Crippen LogP contribution in [0.1, 0.15) is 37.8 Å². The van der Waals surface area contributed by atoms with Gasteiger partial charge in [-0.15, -0.1) is 0 Å². The van der Waals surface area contributed by atoms with Crippen LogP contribution in [0.25, 0.3) is 11.3 Å². The first-order valence-electron chi connectivity index (χ1n) is 9.70. The van der Waals surface area contributed by atoms with Crippen LogP contribution in [-0.2, 0) is 9.59 Å². The standard InChI is InChI=1S/C23H25N3O3S/c1-14(2)17-9-11-19(12-10-17)29-13-20(28)25-23-26-21(22(30-23)24-16(4)27)18-7-5-15(3)6-8-18/h5-12,14H,13H2,1-4H3,(H,24,27)(H,25,26,28). The number of hydrogen-bond acceptors (Lipinski definition) is 5. The molecule has 7 heteroatoms. The molecule has 1 heterocycles. The van der Waals surface area contributed by atoms with Crippen molar-refractivity contribution in [1.82, 2.24) is 4.98 Å². The molecule has 2 amide bonds. The molecule has 0 aliphatic rings. The number of nitrogens with zero attached hydrogens (tertiary/aromatic N) is 1. The van der Waals surface area contributed by atoms with Gasteiger partial charge in [0.05, 0.1) is 0 Å². The smallest absolute Gasteiger partial charge is 0.264 e. The maximum atomic E-state index is 12.3. The first kappa shape index (κ1) is 21.5. The number of rotatable bonds is 7. The summed E-state index contributed by atoms with van der Waals surface area (Å²) in [6.07, 6.45) is 0. The van der Waals surface area contributed by atoms with Crippen molar-refractivity contribution in [1.29, 1.82) is 0 Å². The quantitative estimate of drug-likeness (QED) is 0.546. The Hall–Kier alpha value is -3.19. The second-order valence-electron chi connectivity index (χ2n) is 7.30. The Morgan fingerprint density at radius 1 is 1.03 bits per heavy atom. The van der Waals surface area contributed by atoms with E-state index in [9.17, 15) is 9.59 Å². The van der Waals surface area contributed by atoms with Crippen molar-refractivity contribution in [3.63, 3.8) is 0 Å². The molecule has 0 fully saturated rings. The van der Waals surface area contributed by atoms with Crippen molar-refractivity contribution >= 4 is 33.3 Å². The Morgan fingerprint density at radius 3 is 2.30 bits per heavy atom. The molecule has 30 heavy (non-hydrogen) atoms. The molecular weight excluding hydrogens is 398 g/mol. The van der Waals surface area contributed by atoms with E-state index < -0.39 is 0 Å². The van der Waals surface area contributed by atoms with E-state index >= 15 is 0 Å². The van der Waals surface area contributed by atoms with Crippen molar-refractivity contribution in [2.24, 2.45) is 0 Å². The zero-order chi connectivity index (χ0) is 21.7. The summed E-state index contributed by atoms with van der Waals surface area (Å²) < 4.78 is 5.57. The summed E-state index contributed by atoms with van der Waals surface area (Å²) in [6.45, 7) is 7.56. The number of benzene rings is 2. The van der Waals surface area contributed by atoms with Gasteiger partial charge in [0.25, 0.3) is 5.91 Å². The molecule has 0 bridgehead atoms. The molecule has 0 unspecified atom stereocenters. The number of nitrogens with one attached hydrogen (secondary N) is 2. The fourth-order valence-electron chi connectivity index (χ4n) is 2.78. The predicted molar refractivity (Wildman–Crippen MR) is 121 cm³/mol. The SMILES string of the molecule is CC(=O)Nc1sc(NC(=O)COc2ccc(C(C)C)cc2)nc1-c1ccc(C)cc1. The van der Waals surface area contributed by atoms with E-state index in [1.54, 1.807) is 0 Å². The van der Waals surface area contributed by atoms with Crippen LogP contribution in [0.2, 0.25) is 0 Å². The summed E-state index contributed by atoms with van der Waals surface area (Å²) in [7, 11) is 0. The van der Waals surface area contributed by atoms with Crippen LogP contribution in [0.5, 0.6) is 5.75 Å². The van der Waals surface area contributed by atoms with Gasteiger partial charge in [-0.05, 0) is 30.5 Å². The third-order valence-corrected chi connectivity index (χ3v) is 5.29. The number of carbonyl (C=O) groups excluding carboxylic acids is 2. The number of aryl methyl sites for hydroxylation is 1. The van der Waals surface area contributed by atoms with E-state index in [2.05, 4.69) is 29.5 Å². The van der Waals surface area contributed by atoms with Crippen LogP contribution < -0.4 is 15.4 Å². The first-order valence-corrected chi connectivity index (χ1v) is 10.5. The van der Waals surface area contributed by atoms with Gasteiger partial charge >= 0.3 is 0 Å². The molecule has 0 spiro atoms. The van der Waals surface area contributed by atoms with Gasteiger partial charge < -0.3 is 10.1 Å². The Kier molecular flexibility index (Phi) is 6.84. The van der Waals surface area contributed by atoms with Crippen molar-refractivity contribution in [2.45, 2.75) is 33.6 Å². The molecule has 1 aromatic heterocycles. The fourth-order valence-corrected chi connectivity index (χ4v) is 3.73. The highest BCUT2D eigenvalue weighted by atomic mass is 32.1. The molecule has 3 aromatic rings. The summed E-state index contributed by atoms with van der Waals surface area (Å²) >= 11 is 1.21. The number of ether oxygens (including phenoxy) is 1. The number of hydrogen-bond donors (Lipinski definition) is 2. The lowest BCUT2D eigenvalue weighted by Gasteiger charge is -2.08. The number of carbonyl (C=O) groups is 2. The minimum atomic E-state index is -0.318. The molecule has 0 atom stereocenters. The summed E-state index contributed by atoms with van der Waals surface area (Å²) in [6, 6.07) is 15.5. The fraction of sp³-hybridized carbons (Fsp3) is 0.261. The van der Waals surface area contributed by atoms with Gasteiger partial charge in [0.2, 0.25) is 5.91 Å². The minimum Gasteiger partial charge on any atom is -0.484 e. The van der Waals surface area contributed by atoms with Crippen LogP contribution in [0, 0.1) is 6.92 Å². The first-order chi connectivity index (χ1) is 14.3. The highest BCUT2D eigenvalue weighted by molar-refractivity contribution is 7.20.